The van der Waals surface area contributed by atoms with E-state index in [2.05, 4.69) is 11.8 Å². The number of carbonyl (C=O) groups is 1. The summed E-state index contributed by atoms with van der Waals surface area (Å²) in [7, 11) is 0. The van der Waals surface area contributed by atoms with Crippen LogP contribution in [-0.2, 0) is 4.74 Å². The first kappa shape index (κ1) is 16.8. The Bertz CT molecular complexity index is 485. The van der Waals surface area contributed by atoms with Crippen molar-refractivity contribution in [3.05, 3.63) is 33.8 Å². The lowest BCUT2D eigenvalue weighted by atomic mass is 10.1. The summed E-state index contributed by atoms with van der Waals surface area (Å²) in [5, 5.41) is 0.899. The van der Waals surface area contributed by atoms with Crippen LogP contribution in [0.2, 0.25) is 10.0 Å². The average Bonchev–Trinajstić information content (AvgIpc) is 2.49. The Morgan fingerprint density at radius 2 is 2.00 bits per heavy atom. The summed E-state index contributed by atoms with van der Waals surface area (Å²) in [5.41, 5.74) is 0.619. The Balaban J connectivity index is 1.82. The molecule has 5 heteroatoms. The predicted molar refractivity (Wildman–Crippen MR) is 86.5 cm³/mol. The van der Waals surface area contributed by atoms with Crippen molar-refractivity contribution < 1.29 is 9.53 Å². The predicted octanol–water partition coefficient (Wildman–Crippen LogP) is 4.07. The SMILES string of the molecule is CCCOC1CCN(CC(=O)c2ccc(Cl)c(Cl)c2)CC1. The molecule has 0 amide bonds. The van der Waals surface area contributed by atoms with Crippen molar-refractivity contribution >= 4 is 29.0 Å². The standard InChI is InChI=1S/C16H21Cl2NO2/c1-2-9-21-13-5-7-19(8-6-13)11-16(20)12-3-4-14(17)15(18)10-12/h3-4,10,13H,2,5-9,11H2,1H3. The third kappa shape index (κ3) is 4.96. The fraction of sp³-hybridized carbons (Fsp3) is 0.562. The van der Waals surface area contributed by atoms with Gasteiger partial charge in [0, 0.05) is 25.3 Å². The van der Waals surface area contributed by atoms with Crippen LogP contribution in [0.1, 0.15) is 36.5 Å². The van der Waals surface area contributed by atoms with Gasteiger partial charge >= 0.3 is 0 Å². The molecule has 1 aromatic rings. The van der Waals surface area contributed by atoms with E-state index in [0.717, 1.165) is 39.0 Å². The highest BCUT2D eigenvalue weighted by Gasteiger charge is 2.21. The first-order valence-corrected chi connectivity index (χ1v) is 8.18. The minimum absolute atomic E-state index is 0.0847. The van der Waals surface area contributed by atoms with Crippen LogP contribution >= 0.6 is 23.2 Å². The first-order valence-electron chi connectivity index (χ1n) is 7.42. The zero-order valence-electron chi connectivity index (χ0n) is 12.3. The van der Waals surface area contributed by atoms with Gasteiger partial charge in [-0.2, -0.15) is 0 Å². The Kier molecular flexibility index (Phi) is 6.49. The molecule has 1 fully saturated rings. The van der Waals surface area contributed by atoms with E-state index in [4.69, 9.17) is 27.9 Å². The maximum Gasteiger partial charge on any atom is 0.176 e. The van der Waals surface area contributed by atoms with Crippen molar-refractivity contribution in [2.45, 2.75) is 32.3 Å². The number of halogens is 2. The molecule has 0 aromatic heterocycles. The summed E-state index contributed by atoms with van der Waals surface area (Å²) < 4.78 is 5.76. The van der Waals surface area contributed by atoms with Crippen molar-refractivity contribution in [2.24, 2.45) is 0 Å². The van der Waals surface area contributed by atoms with E-state index in [0.29, 0.717) is 28.3 Å². The lowest BCUT2D eigenvalue weighted by molar-refractivity contribution is 0.00853. The van der Waals surface area contributed by atoms with Gasteiger partial charge in [0.25, 0.3) is 0 Å². The van der Waals surface area contributed by atoms with Crippen LogP contribution in [0.4, 0.5) is 0 Å². The molecule has 0 saturated carbocycles. The molecule has 0 atom stereocenters. The molecule has 1 aliphatic rings. The Morgan fingerprint density at radius 1 is 1.29 bits per heavy atom. The van der Waals surface area contributed by atoms with Gasteiger partial charge in [-0.1, -0.05) is 30.1 Å². The van der Waals surface area contributed by atoms with Crippen molar-refractivity contribution in [3.8, 4) is 0 Å². The molecule has 1 aromatic carbocycles. The summed E-state index contributed by atoms with van der Waals surface area (Å²) in [5.74, 6) is 0.0847. The molecule has 1 aliphatic heterocycles. The fourth-order valence-electron chi connectivity index (χ4n) is 2.48. The first-order chi connectivity index (χ1) is 10.1. The Labute approximate surface area is 136 Å². The molecular formula is C16H21Cl2NO2. The Hall–Kier alpha value is -0.610. The molecule has 0 spiro atoms. The number of ketones is 1. The number of rotatable bonds is 6. The quantitative estimate of drug-likeness (QED) is 0.737. The van der Waals surface area contributed by atoms with E-state index in [1.807, 2.05) is 0 Å². The largest absolute Gasteiger partial charge is 0.378 e. The van der Waals surface area contributed by atoms with E-state index in [-0.39, 0.29) is 5.78 Å². The van der Waals surface area contributed by atoms with E-state index in [1.54, 1.807) is 18.2 Å². The molecule has 0 bridgehead atoms. The normalized spacial score (nSPS) is 17.1. The van der Waals surface area contributed by atoms with E-state index >= 15 is 0 Å². The molecule has 0 N–H and O–H groups in total. The van der Waals surface area contributed by atoms with Gasteiger partial charge in [-0.15, -0.1) is 0 Å². The zero-order chi connectivity index (χ0) is 15.2. The second kappa shape index (κ2) is 8.14. The second-order valence-electron chi connectivity index (χ2n) is 5.40. The topological polar surface area (TPSA) is 29.5 Å². The van der Waals surface area contributed by atoms with Crippen LogP contribution in [-0.4, -0.2) is 43.0 Å². The lowest BCUT2D eigenvalue weighted by Crippen LogP contribution is -2.40. The van der Waals surface area contributed by atoms with Gasteiger partial charge in [-0.05, 0) is 37.5 Å². The summed E-state index contributed by atoms with van der Waals surface area (Å²) in [6, 6.07) is 5.04. The number of carbonyl (C=O) groups excluding carboxylic acids is 1. The molecule has 2 rings (SSSR count). The maximum absolute atomic E-state index is 12.3. The number of hydrogen-bond acceptors (Lipinski definition) is 3. The molecule has 0 radical (unpaired) electrons. The minimum atomic E-state index is 0.0847. The highest BCUT2D eigenvalue weighted by molar-refractivity contribution is 6.42. The number of nitrogens with zero attached hydrogens (tertiary/aromatic N) is 1. The van der Waals surface area contributed by atoms with Gasteiger partial charge in [-0.25, -0.2) is 0 Å². The van der Waals surface area contributed by atoms with Crippen molar-refractivity contribution in [2.75, 3.05) is 26.2 Å². The second-order valence-corrected chi connectivity index (χ2v) is 6.21. The van der Waals surface area contributed by atoms with Crippen molar-refractivity contribution in [1.29, 1.82) is 0 Å². The van der Waals surface area contributed by atoms with Crippen LogP contribution in [0, 0.1) is 0 Å². The number of Topliss-reactive ketones (excluding diaryl/α,β-unsaturated/α-hetero) is 1. The summed E-state index contributed by atoms with van der Waals surface area (Å²) in [4.78, 5) is 14.4. The van der Waals surface area contributed by atoms with Crippen molar-refractivity contribution in [3.63, 3.8) is 0 Å². The van der Waals surface area contributed by atoms with Crippen LogP contribution in [0.3, 0.4) is 0 Å². The van der Waals surface area contributed by atoms with E-state index in [9.17, 15) is 4.79 Å². The highest BCUT2D eigenvalue weighted by Crippen LogP contribution is 2.23. The monoisotopic (exact) mass is 329 g/mol. The number of hydrogen-bond donors (Lipinski definition) is 0. The number of benzene rings is 1. The molecule has 1 heterocycles. The van der Waals surface area contributed by atoms with Gasteiger partial charge in [0.2, 0.25) is 0 Å². The minimum Gasteiger partial charge on any atom is -0.378 e. The molecule has 3 nitrogen and oxygen atoms in total. The number of likely N-dealkylation sites (tertiary alicyclic amines) is 1. The molecule has 0 aliphatic carbocycles. The summed E-state index contributed by atoms with van der Waals surface area (Å²) >= 11 is 11.8. The van der Waals surface area contributed by atoms with E-state index in [1.165, 1.54) is 0 Å². The molecule has 116 valence electrons. The fourth-order valence-corrected chi connectivity index (χ4v) is 2.78. The van der Waals surface area contributed by atoms with Crippen LogP contribution in [0.15, 0.2) is 18.2 Å². The maximum atomic E-state index is 12.3. The molecule has 1 saturated heterocycles. The molecule has 0 unspecified atom stereocenters. The molecule has 21 heavy (non-hydrogen) atoms. The lowest BCUT2D eigenvalue weighted by Gasteiger charge is -2.31. The number of piperidine rings is 1. The third-order valence-corrected chi connectivity index (χ3v) is 4.44. The van der Waals surface area contributed by atoms with Crippen LogP contribution < -0.4 is 0 Å². The van der Waals surface area contributed by atoms with Gasteiger partial charge in [0.05, 0.1) is 22.7 Å². The van der Waals surface area contributed by atoms with Crippen LogP contribution in [0.5, 0.6) is 0 Å². The Morgan fingerprint density at radius 3 is 2.62 bits per heavy atom. The zero-order valence-corrected chi connectivity index (χ0v) is 13.8. The summed E-state index contributed by atoms with van der Waals surface area (Å²) in [6.07, 6.45) is 3.39. The van der Waals surface area contributed by atoms with Gasteiger partial charge in [0.1, 0.15) is 0 Å². The van der Waals surface area contributed by atoms with Gasteiger partial charge in [0.15, 0.2) is 5.78 Å². The number of ether oxygens (including phenoxy) is 1. The third-order valence-electron chi connectivity index (χ3n) is 3.70. The smallest absolute Gasteiger partial charge is 0.176 e. The van der Waals surface area contributed by atoms with Gasteiger partial charge in [-0.3, -0.25) is 9.69 Å². The highest BCUT2D eigenvalue weighted by atomic mass is 35.5. The summed E-state index contributed by atoms with van der Waals surface area (Å²) in [6.45, 7) is 5.18. The average molecular weight is 330 g/mol. The van der Waals surface area contributed by atoms with Crippen molar-refractivity contribution in [1.82, 2.24) is 4.90 Å². The molecular weight excluding hydrogens is 309 g/mol. The van der Waals surface area contributed by atoms with Gasteiger partial charge < -0.3 is 4.74 Å². The van der Waals surface area contributed by atoms with Crippen LogP contribution in [0.25, 0.3) is 0 Å². The van der Waals surface area contributed by atoms with E-state index < -0.39 is 0 Å².